The van der Waals surface area contributed by atoms with Crippen LogP contribution in [0.2, 0.25) is 0 Å². The number of aromatic nitrogens is 1. The molecule has 2 N–H and O–H groups in total. The Hall–Kier alpha value is -1.61. The van der Waals surface area contributed by atoms with Gasteiger partial charge in [0.25, 0.3) is 5.56 Å². The van der Waals surface area contributed by atoms with Gasteiger partial charge in [-0.15, -0.1) is 0 Å². The van der Waals surface area contributed by atoms with Gasteiger partial charge in [0.05, 0.1) is 0 Å². The molecule has 2 aromatic rings. The van der Waals surface area contributed by atoms with E-state index < -0.39 is 0 Å². The monoisotopic (exact) mass is 174 g/mol. The average Bonchev–Trinajstić information content (AvgIpc) is 2.19. The molecule has 0 aliphatic heterocycles. The van der Waals surface area contributed by atoms with E-state index in [0.29, 0.717) is 5.56 Å². The zero-order valence-electron chi connectivity index (χ0n) is 7.10. The van der Waals surface area contributed by atoms with Crippen LogP contribution in [-0.2, 0) is 6.54 Å². The summed E-state index contributed by atoms with van der Waals surface area (Å²) >= 11 is 0. The Balaban J connectivity index is 2.87. The molecule has 0 aliphatic carbocycles. The SMILES string of the molecule is NCc1ccc2ccccn2c1=O. The van der Waals surface area contributed by atoms with Crippen molar-refractivity contribution < 1.29 is 0 Å². The molecule has 2 rings (SSSR count). The molecule has 0 fully saturated rings. The second-order valence-corrected chi connectivity index (χ2v) is 2.86. The van der Waals surface area contributed by atoms with Crippen LogP contribution in [0, 0.1) is 0 Å². The van der Waals surface area contributed by atoms with Crippen molar-refractivity contribution in [2.24, 2.45) is 5.73 Å². The highest BCUT2D eigenvalue weighted by atomic mass is 16.1. The molecule has 0 spiro atoms. The summed E-state index contributed by atoms with van der Waals surface area (Å²) in [4.78, 5) is 11.6. The molecule has 2 heterocycles. The summed E-state index contributed by atoms with van der Waals surface area (Å²) in [6.07, 6.45) is 1.75. The third kappa shape index (κ3) is 1.23. The summed E-state index contributed by atoms with van der Waals surface area (Å²) < 4.78 is 1.60. The van der Waals surface area contributed by atoms with E-state index in [9.17, 15) is 4.79 Å². The molecule has 0 saturated heterocycles. The summed E-state index contributed by atoms with van der Waals surface area (Å²) in [5.41, 5.74) is 6.94. The van der Waals surface area contributed by atoms with Gasteiger partial charge in [-0.2, -0.15) is 0 Å². The van der Waals surface area contributed by atoms with Gasteiger partial charge in [0.1, 0.15) is 0 Å². The second-order valence-electron chi connectivity index (χ2n) is 2.86. The van der Waals surface area contributed by atoms with Crippen molar-refractivity contribution in [1.29, 1.82) is 0 Å². The van der Waals surface area contributed by atoms with Crippen LogP contribution < -0.4 is 11.3 Å². The fraction of sp³-hybridized carbons (Fsp3) is 0.100. The number of rotatable bonds is 1. The molecule has 0 saturated carbocycles. The Morgan fingerprint density at radius 2 is 2.08 bits per heavy atom. The maximum atomic E-state index is 11.6. The molecule has 0 atom stereocenters. The van der Waals surface area contributed by atoms with Crippen molar-refractivity contribution in [1.82, 2.24) is 4.40 Å². The number of pyridine rings is 2. The fourth-order valence-corrected chi connectivity index (χ4v) is 1.34. The summed E-state index contributed by atoms with van der Waals surface area (Å²) in [7, 11) is 0. The van der Waals surface area contributed by atoms with Crippen LogP contribution in [0.3, 0.4) is 0 Å². The van der Waals surface area contributed by atoms with Crippen LogP contribution in [0.25, 0.3) is 5.52 Å². The van der Waals surface area contributed by atoms with Crippen LogP contribution in [-0.4, -0.2) is 4.40 Å². The van der Waals surface area contributed by atoms with Gasteiger partial charge >= 0.3 is 0 Å². The highest BCUT2D eigenvalue weighted by Gasteiger charge is 1.99. The molecule has 0 unspecified atom stereocenters. The lowest BCUT2D eigenvalue weighted by atomic mass is 10.2. The van der Waals surface area contributed by atoms with E-state index in [-0.39, 0.29) is 12.1 Å². The predicted molar refractivity (Wildman–Crippen MR) is 51.6 cm³/mol. The van der Waals surface area contributed by atoms with Crippen molar-refractivity contribution in [3.8, 4) is 0 Å². The van der Waals surface area contributed by atoms with Gasteiger partial charge in [-0.3, -0.25) is 9.20 Å². The minimum absolute atomic E-state index is 0.0272. The Morgan fingerprint density at radius 1 is 1.23 bits per heavy atom. The van der Waals surface area contributed by atoms with E-state index in [1.165, 1.54) is 0 Å². The zero-order valence-corrected chi connectivity index (χ0v) is 7.10. The number of nitrogens with zero attached hydrogens (tertiary/aromatic N) is 1. The Morgan fingerprint density at radius 3 is 2.85 bits per heavy atom. The van der Waals surface area contributed by atoms with Gasteiger partial charge in [0.15, 0.2) is 0 Å². The molecular weight excluding hydrogens is 164 g/mol. The molecule has 2 aromatic heterocycles. The fourth-order valence-electron chi connectivity index (χ4n) is 1.34. The lowest BCUT2D eigenvalue weighted by Crippen LogP contribution is -2.19. The Kier molecular flexibility index (Phi) is 1.87. The van der Waals surface area contributed by atoms with Crippen molar-refractivity contribution in [3.63, 3.8) is 0 Å². The third-order valence-electron chi connectivity index (χ3n) is 2.06. The van der Waals surface area contributed by atoms with E-state index in [4.69, 9.17) is 5.73 Å². The molecule has 0 radical (unpaired) electrons. The normalized spacial score (nSPS) is 10.5. The van der Waals surface area contributed by atoms with E-state index >= 15 is 0 Å². The third-order valence-corrected chi connectivity index (χ3v) is 2.06. The van der Waals surface area contributed by atoms with Crippen molar-refractivity contribution in [3.05, 3.63) is 52.4 Å². The maximum Gasteiger partial charge on any atom is 0.259 e. The van der Waals surface area contributed by atoms with E-state index in [0.717, 1.165) is 5.52 Å². The quantitative estimate of drug-likeness (QED) is 0.693. The molecule has 13 heavy (non-hydrogen) atoms. The summed E-state index contributed by atoms with van der Waals surface area (Å²) in [6, 6.07) is 9.29. The van der Waals surface area contributed by atoms with Crippen molar-refractivity contribution in [2.75, 3.05) is 0 Å². The number of nitrogens with two attached hydrogens (primary N) is 1. The van der Waals surface area contributed by atoms with Gasteiger partial charge in [-0.05, 0) is 18.2 Å². The summed E-state index contributed by atoms with van der Waals surface area (Å²) in [5.74, 6) is 0. The molecule has 0 bridgehead atoms. The largest absolute Gasteiger partial charge is 0.326 e. The molecule has 0 aliphatic rings. The zero-order chi connectivity index (χ0) is 9.26. The molecule has 3 nitrogen and oxygen atoms in total. The van der Waals surface area contributed by atoms with E-state index in [2.05, 4.69) is 0 Å². The Bertz CT molecular complexity index is 487. The van der Waals surface area contributed by atoms with Gasteiger partial charge in [-0.25, -0.2) is 0 Å². The smallest absolute Gasteiger partial charge is 0.259 e. The topological polar surface area (TPSA) is 47.5 Å². The highest BCUT2D eigenvalue weighted by molar-refractivity contribution is 5.46. The molecular formula is C10H10N2O. The minimum Gasteiger partial charge on any atom is -0.326 e. The summed E-state index contributed by atoms with van der Waals surface area (Å²) in [6.45, 7) is 0.288. The van der Waals surface area contributed by atoms with Crippen LogP contribution in [0.15, 0.2) is 41.3 Å². The first-order valence-corrected chi connectivity index (χ1v) is 4.12. The maximum absolute atomic E-state index is 11.6. The number of fused-ring (bicyclic) bond motifs is 1. The van der Waals surface area contributed by atoms with E-state index in [1.54, 1.807) is 16.7 Å². The number of hydrogen-bond donors (Lipinski definition) is 1. The predicted octanol–water partition coefficient (Wildman–Crippen LogP) is 0.758. The molecule has 3 heteroatoms. The first kappa shape index (κ1) is 8.01. The van der Waals surface area contributed by atoms with Crippen LogP contribution in [0.5, 0.6) is 0 Å². The van der Waals surface area contributed by atoms with Crippen molar-refractivity contribution >= 4 is 5.52 Å². The molecule has 0 amide bonds. The standard InChI is InChI=1S/C10H10N2O/c11-7-8-4-5-9-3-1-2-6-12(9)10(8)13/h1-6H,7,11H2. The van der Waals surface area contributed by atoms with E-state index in [1.807, 2.05) is 24.3 Å². The lowest BCUT2D eigenvalue weighted by Gasteiger charge is -2.01. The highest BCUT2D eigenvalue weighted by Crippen LogP contribution is 2.00. The first-order valence-electron chi connectivity index (χ1n) is 4.12. The van der Waals surface area contributed by atoms with Gasteiger partial charge in [0.2, 0.25) is 0 Å². The molecule has 0 aromatic carbocycles. The van der Waals surface area contributed by atoms with Gasteiger partial charge in [0, 0.05) is 23.8 Å². The number of hydrogen-bond acceptors (Lipinski definition) is 2. The van der Waals surface area contributed by atoms with Gasteiger partial charge in [-0.1, -0.05) is 12.1 Å². The molecule has 66 valence electrons. The lowest BCUT2D eigenvalue weighted by molar-refractivity contribution is 0.980. The Labute approximate surface area is 75.4 Å². The van der Waals surface area contributed by atoms with Crippen molar-refractivity contribution in [2.45, 2.75) is 6.54 Å². The minimum atomic E-state index is -0.0272. The van der Waals surface area contributed by atoms with Crippen LogP contribution >= 0.6 is 0 Å². The average molecular weight is 174 g/mol. The summed E-state index contributed by atoms with van der Waals surface area (Å²) in [5, 5.41) is 0. The van der Waals surface area contributed by atoms with Crippen LogP contribution in [0.1, 0.15) is 5.56 Å². The second kappa shape index (κ2) is 3.03. The van der Waals surface area contributed by atoms with Crippen LogP contribution in [0.4, 0.5) is 0 Å². The van der Waals surface area contributed by atoms with Gasteiger partial charge < -0.3 is 5.73 Å². The first-order chi connectivity index (χ1) is 6.33.